The highest BCUT2D eigenvalue weighted by molar-refractivity contribution is 8.01. The minimum absolute atomic E-state index is 0.0369. The zero-order chi connectivity index (χ0) is 17.6. The first-order valence-corrected chi connectivity index (χ1v) is 8.92. The third-order valence-electron chi connectivity index (χ3n) is 3.76. The minimum Gasteiger partial charge on any atom is -0.490 e. The molecule has 1 amide bonds. The van der Waals surface area contributed by atoms with Crippen LogP contribution in [-0.2, 0) is 14.3 Å². The van der Waals surface area contributed by atoms with Gasteiger partial charge in [0.2, 0.25) is 5.91 Å². The Labute approximate surface area is 150 Å². The predicted molar refractivity (Wildman–Crippen MR) is 97.0 cm³/mol. The van der Waals surface area contributed by atoms with Crippen molar-refractivity contribution >= 4 is 29.3 Å². The van der Waals surface area contributed by atoms with Gasteiger partial charge in [-0.2, -0.15) is 0 Å². The van der Waals surface area contributed by atoms with E-state index in [1.165, 1.54) is 11.8 Å². The van der Waals surface area contributed by atoms with E-state index in [0.717, 1.165) is 21.9 Å². The van der Waals surface area contributed by atoms with Crippen molar-refractivity contribution in [2.24, 2.45) is 0 Å². The topological polar surface area (TPSA) is 64.6 Å². The number of amides is 1. The monoisotopic (exact) mass is 357 g/mol. The molecule has 1 atom stereocenters. The molecule has 1 aliphatic heterocycles. The van der Waals surface area contributed by atoms with Crippen LogP contribution in [-0.4, -0.2) is 30.3 Å². The van der Waals surface area contributed by atoms with Crippen LogP contribution in [0.2, 0.25) is 0 Å². The molecular weight excluding hydrogens is 338 g/mol. The Balaban J connectivity index is 1.44. The van der Waals surface area contributed by atoms with Gasteiger partial charge >= 0.3 is 5.97 Å². The van der Waals surface area contributed by atoms with E-state index in [2.05, 4.69) is 5.32 Å². The van der Waals surface area contributed by atoms with Gasteiger partial charge in [-0.1, -0.05) is 30.3 Å². The lowest BCUT2D eigenvalue weighted by molar-refractivity contribution is -0.145. The minimum atomic E-state index is -0.473. The molecule has 1 unspecified atom stereocenters. The number of aryl methyl sites for hydroxylation is 1. The van der Waals surface area contributed by atoms with Crippen LogP contribution < -0.4 is 10.1 Å². The molecule has 130 valence electrons. The average molecular weight is 357 g/mol. The van der Waals surface area contributed by atoms with Crippen molar-refractivity contribution < 1.29 is 19.1 Å². The first-order chi connectivity index (χ1) is 12.1. The van der Waals surface area contributed by atoms with Crippen molar-refractivity contribution in [3.05, 3.63) is 54.1 Å². The summed E-state index contributed by atoms with van der Waals surface area (Å²) in [7, 11) is 0. The number of carbonyl (C=O) groups is 2. The lowest BCUT2D eigenvalue weighted by Gasteiger charge is -2.23. The fourth-order valence-corrected chi connectivity index (χ4v) is 3.56. The quantitative estimate of drug-likeness (QED) is 0.634. The highest BCUT2D eigenvalue weighted by Crippen LogP contribution is 2.36. The Morgan fingerprint density at radius 3 is 2.72 bits per heavy atom. The molecule has 0 aliphatic carbocycles. The second-order valence-corrected chi connectivity index (χ2v) is 6.88. The van der Waals surface area contributed by atoms with Gasteiger partial charge in [-0.15, -0.1) is 11.8 Å². The molecule has 6 heteroatoms. The van der Waals surface area contributed by atoms with Gasteiger partial charge < -0.3 is 14.8 Å². The Hall–Kier alpha value is -2.47. The zero-order valence-corrected chi connectivity index (χ0v) is 14.7. The van der Waals surface area contributed by atoms with Gasteiger partial charge in [0.15, 0.2) is 0 Å². The Morgan fingerprint density at radius 2 is 1.88 bits per heavy atom. The molecule has 1 N–H and O–H groups in total. The largest absolute Gasteiger partial charge is 0.490 e. The zero-order valence-electron chi connectivity index (χ0n) is 13.9. The normalized spacial score (nSPS) is 15.9. The number of hydrogen-bond donors (Lipinski definition) is 1. The summed E-state index contributed by atoms with van der Waals surface area (Å²) >= 11 is 1.39. The summed E-state index contributed by atoms with van der Waals surface area (Å²) in [5, 5.41) is 2.35. The standard InChI is InChI=1S/C19H19NO4S/c1-13-6-2-4-8-15(13)23-10-11-24-18(21)12-17-19(22)20-14-7-3-5-9-16(14)25-17/h2-9,17H,10-12H2,1H3,(H,20,22). The number of esters is 1. The first kappa shape index (κ1) is 17.4. The van der Waals surface area contributed by atoms with E-state index in [-0.39, 0.29) is 25.5 Å². The van der Waals surface area contributed by atoms with E-state index < -0.39 is 11.2 Å². The van der Waals surface area contributed by atoms with Gasteiger partial charge in [-0.3, -0.25) is 9.59 Å². The van der Waals surface area contributed by atoms with E-state index >= 15 is 0 Å². The van der Waals surface area contributed by atoms with Crippen molar-refractivity contribution in [3.8, 4) is 5.75 Å². The van der Waals surface area contributed by atoms with Crippen molar-refractivity contribution in [2.45, 2.75) is 23.5 Å². The number of carbonyl (C=O) groups excluding carboxylic acids is 2. The summed E-state index contributed by atoms with van der Waals surface area (Å²) in [5.41, 5.74) is 1.82. The molecule has 2 aromatic carbocycles. The van der Waals surface area contributed by atoms with E-state index in [1.54, 1.807) is 0 Å². The molecule has 3 rings (SSSR count). The van der Waals surface area contributed by atoms with Crippen molar-refractivity contribution in [2.75, 3.05) is 18.5 Å². The van der Waals surface area contributed by atoms with Crippen LogP contribution in [0.1, 0.15) is 12.0 Å². The van der Waals surface area contributed by atoms with Crippen molar-refractivity contribution in [3.63, 3.8) is 0 Å². The summed E-state index contributed by atoms with van der Waals surface area (Å²) < 4.78 is 10.8. The molecule has 0 saturated carbocycles. The number of nitrogens with one attached hydrogen (secondary N) is 1. The molecule has 0 saturated heterocycles. The summed E-state index contributed by atoms with van der Waals surface area (Å²) in [5.74, 6) is 0.203. The first-order valence-electron chi connectivity index (χ1n) is 8.04. The van der Waals surface area contributed by atoms with Crippen LogP contribution in [0.3, 0.4) is 0 Å². The van der Waals surface area contributed by atoms with E-state index in [0.29, 0.717) is 0 Å². The molecule has 2 aromatic rings. The van der Waals surface area contributed by atoms with Gasteiger partial charge in [0, 0.05) is 4.90 Å². The molecular formula is C19H19NO4S. The maximum Gasteiger partial charge on any atom is 0.307 e. The van der Waals surface area contributed by atoms with Crippen LogP contribution >= 0.6 is 11.8 Å². The van der Waals surface area contributed by atoms with E-state index in [1.807, 2.05) is 55.5 Å². The van der Waals surface area contributed by atoms with E-state index in [9.17, 15) is 9.59 Å². The molecule has 25 heavy (non-hydrogen) atoms. The average Bonchev–Trinajstić information content (AvgIpc) is 2.61. The number of rotatable bonds is 6. The van der Waals surface area contributed by atoms with Crippen LogP contribution in [0.25, 0.3) is 0 Å². The number of para-hydroxylation sites is 2. The smallest absolute Gasteiger partial charge is 0.307 e. The van der Waals surface area contributed by atoms with Gasteiger partial charge in [0.25, 0.3) is 0 Å². The van der Waals surface area contributed by atoms with Gasteiger partial charge in [-0.05, 0) is 30.7 Å². The Kier molecular flexibility index (Phi) is 5.60. The number of hydrogen-bond acceptors (Lipinski definition) is 5. The number of fused-ring (bicyclic) bond motifs is 1. The number of ether oxygens (including phenoxy) is 2. The maximum absolute atomic E-state index is 12.1. The fourth-order valence-electron chi connectivity index (χ4n) is 2.46. The lowest BCUT2D eigenvalue weighted by Crippen LogP contribution is -2.31. The third kappa shape index (κ3) is 4.54. The summed E-state index contributed by atoms with van der Waals surface area (Å²) in [6.07, 6.45) is 0.0369. The number of thioether (sulfide) groups is 1. The highest BCUT2D eigenvalue weighted by Gasteiger charge is 2.29. The van der Waals surface area contributed by atoms with Crippen LogP contribution in [0.15, 0.2) is 53.4 Å². The lowest BCUT2D eigenvalue weighted by atomic mass is 10.2. The van der Waals surface area contributed by atoms with E-state index in [4.69, 9.17) is 9.47 Å². The van der Waals surface area contributed by atoms with Crippen LogP contribution in [0.4, 0.5) is 5.69 Å². The van der Waals surface area contributed by atoms with Crippen molar-refractivity contribution in [1.29, 1.82) is 0 Å². The predicted octanol–water partition coefficient (Wildman–Crippen LogP) is 3.42. The number of anilines is 1. The fraction of sp³-hybridized carbons (Fsp3) is 0.263. The molecule has 0 aromatic heterocycles. The summed E-state index contributed by atoms with van der Waals surface area (Å²) in [4.78, 5) is 25.0. The Morgan fingerprint density at radius 1 is 1.12 bits per heavy atom. The molecule has 0 radical (unpaired) electrons. The van der Waals surface area contributed by atoms with Gasteiger partial charge in [0.05, 0.1) is 17.4 Å². The third-order valence-corrected chi connectivity index (χ3v) is 5.03. The highest BCUT2D eigenvalue weighted by atomic mass is 32.2. The molecule has 0 fully saturated rings. The van der Waals surface area contributed by atoms with Crippen LogP contribution in [0, 0.1) is 6.92 Å². The number of benzene rings is 2. The Bertz CT molecular complexity index is 778. The van der Waals surface area contributed by atoms with Crippen molar-refractivity contribution in [1.82, 2.24) is 0 Å². The summed E-state index contributed by atoms with van der Waals surface area (Å²) in [6, 6.07) is 15.2. The SMILES string of the molecule is Cc1ccccc1OCCOC(=O)CC1Sc2ccccc2NC1=O. The summed E-state index contributed by atoms with van der Waals surface area (Å²) in [6.45, 7) is 2.39. The van der Waals surface area contributed by atoms with Gasteiger partial charge in [0.1, 0.15) is 19.0 Å². The molecule has 5 nitrogen and oxygen atoms in total. The van der Waals surface area contributed by atoms with Gasteiger partial charge in [-0.25, -0.2) is 0 Å². The second-order valence-electron chi connectivity index (χ2n) is 5.63. The second kappa shape index (κ2) is 8.07. The van der Waals surface area contributed by atoms with Crippen LogP contribution in [0.5, 0.6) is 5.75 Å². The maximum atomic E-state index is 12.1. The molecule has 0 spiro atoms. The molecule has 1 heterocycles. The molecule has 0 bridgehead atoms. The molecule has 1 aliphatic rings.